The number of aliphatic carboxylic acids is 1. The molecule has 2 fully saturated rings. The average molecular weight is 638 g/mol. The molecule has 2 aromatic rings. The van der Waals surface area contributed by atoms with Crippen LogP contribution in [0.3, 0.4) is 0 Å². The van der Waals surface area contributed by atoms with Crippen molar-refractivity contribution in [3.05, 3.63) is 53.3 Å². The Balaban J connectivity index is 1.48. The zero-order valence-corrected chi connectivity index (χ0v) is 27.8. The summed E-state index contributed by atoms with van der Waals surface area (Å²) in [6.07, 6.45) is 4.54. The number of fused-ring (bicyclic) bond motifs is 1. The van der Waals surface area contributed by atoms with Gasteiger partial charge < -0.3 is 24.4 Å². The van der Waals surface area contributed by atoms with E-state index in [2.05, 4.69) is 13.8 Å². The van der Waals surface area contributed by atoms with E-state index >= 15 is 0 Å². The smallest absolute Gasteiger partial charge is 0.308 e. The lowest BCUT2D eigenvalue weighted by atomic mass is 9.84. The average Bonchev–Trinajstić information content (AvgIpc) is 3.69. The summed E-state index contributed by atoms with van der Waals surface area (Å²) in [5, 5.41) is 10.7. The molecule has 46 heavy (non-hydrogen) atoms. The van der Waals surface area contributed by atoms with Crippen LogP contribution in [0.15, 0.2) is 36.4 Å². The number of ether oxygens (including phenoxy) is 2. The number of carbonyl (C=O) groups excluding carboxylic acids is 2. The van der Waals surface area contributed by atoms with Crippen LogP contribution in [0.2, 0.25) is 0 Å². The minimum atomic E-state index is -0.934. The minimum Gasteiger partial charge on any atom is -0.481 e. The predicted molar refractivity (Wildman–Crippen MR) is 174 cm³/mol. The molecule has 2 saturated heterocycles. The Kier molecular flexibility index (Phi) is 10.2. The van der Waals surface area contributed by atoms with E-state index in [9.17, 15) is 23.9 Å². The molecule has 3 aliphatic heterocycles. The summed E-state index contributed by atoms with van der Waals surface area (Å²) in [5.74, 6) is -1.33. The quantitative estimate of drug-likeness (QED) is 0.288. The van der Waals surface area contributed by atoms with E-state index < -0.39 is 29.3 Å². The van der Waals surface area contributed by atoms with E-state index in [1.165, 1.54) is 6.07 Å². The highest BCUT2D eigenvalue weighted by Crippen LogP contribution is 2.43. The largest absolute Gasteiger partial charge is 0.481 e. The normalized spacial score (nSPS) is 22.2. The maximum Gasteiger partial charge on any atom is 0.308 e. The van der Waals surface area contributed by atoms with Crippen molar-refractivity contribution in [3.8, 4) is 11.5 Å². The number of benzene rings is 2. The second-order valence-corrected chi connectivity index (χ2v) is 13.7. The minimum absolute atomic E-state index is 0.00922. The molecule has 1 N–H and O–H groups in total. The molecular weight excluding hydrogens is 589 g/mol. The number of hydrogen-bond donors (Lipinski definition) is 1. The number of carboxylic acid groups (broad SMARTS) is 1. The number of anilines is 1. The van der Waals surface area contributed by atoms with Gasteiger partial charge in [0.25, 0.3) is 0 Å². The molecule has 10 heteroatoms. The topological polar surface area (TPSA) is 99.6 Å². The molecule has 0 aliphatic carbocycles. The molecule has 3 aliphatic rings. The van der Waals surface area contributed by atoms with Crippen LogP contribution in [0, 0.1) is 24.1 Å². The van der Waals surface area contributed by atoms with Crippen molar-refractivity contribution >= 4 is 23.5 Å². The Labute approximate surface area is 271 Å². The number of nitrogens with zero attached hydrogens (tertiary/aromatic N) is 3. The van der Waals surface area contributed by atoms with Crippen molar-refractivity contribution in [2.24, 2.45) is 11.3 Å². The summed E-state index contributed by atoms with van der Waals surface area (Å²) in [7, 11) is 0. The molecule has 2 amide bonds. The van der Waals surface area contributed by atoms with Gasteiger partial charge in [-0.1, -0.05) is 46.6 Å². The van der Waals surface area contributed by atoms with Crippen molar-refractivity contribution in [1.29, 1.82) is 0 Å². The van der Waals surface area contributed by atoms with Crippen molar-refractivity contribution < 1.29 is 33.4 Å². The zero-order valence-electron chi connectivity index (χ0n) is 27.8. The SMILES string of the molecule is CCCC(CCC)N(C(=O)CN1C[C@H](c2ccc3c(c2)OCO3)[C@H](C(=O)O)[C@H]1CCN1CCC(C)(C)C1=O)c1ccc(F)c(C)c1. The Morgan fingerprint density at radius 1 is 1.09 bits per heavy atom. The van der Waals surface area contributed by atoms with E-state index in [4.69, 9.17) is 9.47 Å². The highest BCUT2D eigenvalue weighted by molar-refractivity contribution is 5.95. The number of likely N-dealkylation sites (tertiary alicyclic amines) is 2. The van der Waals surface area contributed by atoms with E-state index in [0.29, 0.717) is 48.8 Å². The molecule has 0 spiro atoms. The lowest BCUT2D eigenvalue weighted by Gasteiger charge is -2.35. The summed E-state index contributed by atoms with van der Waals surface area (Å²) in [4.78, 5) is 46.2. The van der Waals surface area contributed by atoms with Crippen LogP contribution in [0.25, 0.3) is 0 Å². The lowest BCUT2D eigenvalue weighted by molar-refractivity contribution is -0.143. The van der Waals surface area contributed by atoms with Crippen LogP contribution in [0.1, 0.15) is 83.3 Å². The summed E-state index contributed by atoms with van der Waals surface area (Å²) in [6.45, 7) is 11.3. The number of amides is 2. The molecule has 0 aromatic heterocycles. The number of carboxylic acids is 1. The van der Waals surface area contributed by atoms with E-state index in [1.54, 1.807) is 19.1 Å². The van der Waals surface area contributed by atoms with Crippen molar-refractivity contribution in [3.63, 3.8) is 0 Å². The Morgan fingerprint density at radius 3 is 2.43 bits per heavy atom. The molecule has 9 nitrogen and oxygen atoms in total. The van der Waals surface area contributed by atoms with Gasteiger partial charge in [-0.2, -0.15) is 0 Å². The maximum absolute atomic E-state index is 14.4. The third-order valence-electron chi connectivity index (χ3n) is 10.1. The number of halogens is 1. The number of carbonyl (C=O) groups is 3. The van der Waals surface area contributed by atoms with Crippen molar-refractivity contribution in [2.45, 2.75) is 91.1 Å². The fourth-order valence-corrected chi connectivity index (χ4v) is 7.54. The third-order valence-corrected chi connectivity index (χ3v) is 10.1. The van der Waals surface area contributed by atoms with E-state index in [1.807, 2.05) is 46.7 Å². The molecule has 0 bridgehead atoms. The highest BCUT2D eigenvalue weighted by Gasteiger charge is 2.48. The molecule has 3 heterocycles. The van der Waals surface area contributed by atoms with Gasteiger partial charge in [-0.3, -0.25) is 19.3 Å². The number of rotatable bonds is 13. The van der Waals surface area contributed by atoms with Crippen LogP contribution in [-0.4, -0.2) is 77.7 Å². The molecule has 250 valence electrons. The first kappa shape index (κ1) is 33.7. The second-order valence-electron chi connectivity index (χ2n) is 13.7. The Bertz CT molecular complexity index is 1440. The van der Waals surface area contributed by atoms with Crippen LogP contribution in [-0.2, 0) is 14.4 Å². The Morgan fingerprint density at radius 2 is 1.80 bits per heavy atom. The Hall–Kier alpha value is -3.66. The molecular formula is C36H48FN3O6. The van der Waals surface area contributed by atoms with E-state index in [0.717, 1.165) is 37.7 Å². The van der Waals surface area contributed by atoms with Gasteiger partial charge in [0.15, 0.2) is 11.5 Å². The standard InChI is InChI=1S/C36H48FN3O6/c1-6-8-25(9-7-2)40(26-11-12-28(37)23(3)18-26)32(41)21-39-20-27(24-10-13-30-31(19-24)46-22-45-30)33(34(42)43)29(39)14-16-38-17-15-36(4,5)35(38)44/h10-13,18-19,25,27,29,33H,6-9,14-17,20-22H2,1-5H3,(H,42,43)/t27-,29-,33+/m1/s1. The van der Waals surface area contributed by atoms with Gasteiger partial charge in [0.2, 0.25) is 18.6 Å². The van der Waals surface area contributed by atoms with Gasteiger partial charge in [0.05, 0.1) is 12.5 Å². The predicted octanol–water partition coefficient (Wildman–Crippen LogP) is 5.98. The van der Waals surface area contributed by atoms with Crippen LogP contribution in [0.5, 0.6) is 11.5 Å². The van der Waals surface area contributed by atoms with Gasteiger partial charge in [-0.25, -0.2) is 4.39 Å². The van der Waals surface area contributed by atoms with Gasteiger partial charge in [0.1, 0.15) is 5.82 Å². The molecule has 0 saturated carbocycles. The monoisotopic (exact) mass is 637 g/mol. The summed E-state index contributed by atoms with van der Waals surface area (Å²) in [6, 6.07) is 9.78. The molecule has 0 unspecified atom stereocenters. The second kappa shape index (κ2) is 14.0. The summed E-state index contributed by atoms with van der Waals surface area (Å²) in [5.41, 5.74) is 1.50. The van der Waals surface area contributed by atoms with Gasteiger partial charge in [-0.15, -0.1) is 0 Å². The third kappa shape index (κ3) is 6.87. The molecule has 2 aromatic carbocycles. The van der Waals surface area contributed by atoms with Crippen molar-refractivity contribution in [2.75, 3.05) is 37.9 Å². The van der Waals surface area contributed by atoms with E-state index in [-0.39, 0.29) is 37.0 Å². The van der Waals surface area contributed by atoms with Crippen LogP contribution in [0.4, 0.5) is 10.1 Å². The zero-order chi connectivity index (χ0) is 33.2. The lowest BCUT2D eigenvalue weighted by Crippen LogP contribution is -2.48. The number of aryl methyl sites for hydroxylation is 1. The first-order chi connectivity index (χ1) is 21.9. The number of hydrogen-bond acceptors (Lipinski definition) is 6. The fraction of sp³-hybridized carbons (Fsp3) is 0.583. The first-order valence-electron chi connectivity index (χ1n) is 16.7. The maximum atomic E-state index is 14.4. The molecule has 3 atom stereocenters. The summed E-state index contributed by atoms with van der Waals surface area (Å²) >= 11 is 0. The van der Waals surface area contributed by atoms with Gasteiger partial charge in [0, 0.05) is 48.7 Å². The van der Waals surface area contributed by atoms with Crippen molar-refractivity contribution in [1.82, 2.24) is 9.80 Å². The van der Waals surface area contributed by atoms with Gasteiger partial charge >= 0.3 is 5.97 Å². The highest BCUT2D eigenvalue weighted by atomic mass is 19.1. The first-order valence-corrected chi connectivity index (χ1v) is 16.7. The van der Waals surface area contributed by atoms with Gasteiger partial charge in [-0.05, 0) is 74.1 Å². The molecule has 0 radical (unpaired) electrons. The molecule has 5 rings (SSSR count). The van der Waals surface area contributed by atoms with Crippen LogP contribution < -0.4 is 14.4 Å². The summed E-state index contributed by atoms with van der Waals surface area (Å²) < 4.78 is 25.4. The fourth-order valence-electron chi connectivity index (χ4n) is 7.54. The van der Waals surface area contributed by atoms with Crippen LogP contribution >= 0.6 is 0 Å².